The summed E-state index contributed by atoms with van der Waals surface area (Å²) < 4.78 is 26.0. The first-order valence-corrected chi connectivity index (χ1v) is 13.1. The molecule has 1 aromatic rings. The highest BCUT2D eigenvalue weighted by Gasteiger charge is 2.41. The van der Waals surface area contributed by atoms with Gasteiger partial charge in [-0.05, 0) is 43.9 Å². The van der Waals surface area contributed by atoms with Crippen LogP contribution >= 0.6 is 11.6 Å². The minimum absolute atomic E-state index is 0.0379. The van der Waals surface area contributed by atoms with Crippen LogP contribution < -0.4 is 14.9 Å². The van der Waals surface area contributed by atoms with Crippen molar-refractivity contribution < 1.29 is 13.2 Å². The summed E-state index contributed by atoms with van der Waals surface area (Å²) in [6, 6.07) is 1.59. The number of piperidine rings is 1. The monoisotopic (exact) mass is 471 g/mol. The Morgan fingerprint density at radius 1 is 1.32 bits per heavy atom. The Hall–Kier alpha value is -1.61. The number of carbonyl (C=O) groups is 1. The van der Waals surface area contributed by atoms with Crippen molar-refractivity contribution in [3.05, 3.63) is 12.3 Å². The second-order valence-electron chi connectivity index (χ2n) is 10.1. The zero-order valence-electron chi connectivity index (χ0n) is 18.9. The van der Waals surface area contributed by atoms with E-state index in [2.05, 4.69) is 20.6 Å². The number of amides is 1. The number of aromatic nitrogens is 2. The van der Waals surface area contributed by atoms with Gasteiger partial charge in [0, 0.05) is 36.3 Å². The van der Waals surface area contributed by atoms with Crippen LogP contribution in [0.1, 0.15) is 53.4 Å². The molecule has 2 N–H and O–H groups in total. The summed E-state index contributed by atoms with van der Waals surface area (Å²) in [6.45, 7) is 8.15. The first kappa shape index (κ1) is 24.0. The topological polar surface area (TPSA) is 104 Å². The largest absolute Gasteiger partial charge is 0.353 e. The molecule has 2 heterocycles. The van der Waals surface area contributed by atoms with E-state index >= 15 is 0 Å². The quantitative estimate of drug-likeness (QED) is 0.618. The Bertz CT molecular complexity index is 905. The predicted molar refractivity (Wildman–Crippen MR) is 124 cm³/mol. The maximum atomic E-state index is 12.7. The van der Waals surface area contributed by atoms with E-state index in [1.807, 2.05) is 27.7 Å². The molecule has 1 aliphatic heterocycles. The molecule has 8 nitrogen and oxygen atoms in total. The summed E-state index contributed by atoms with van der Waals surface area (Å²) in [7, 11) is -3.51. The molecule has 4 unspecified atom stereocenters. The van der Waals surface area contributed by atoms with E-state index in [4.69, 9.17) is 11.6 Å². The minimum atomic E-state index is -3.51. The lowest BCUT2D eigenvalue weighted by Crippen LogP contribution is -2.55. The molecule has 3 rings (SSSR count). The van der Waals surface area contributed by atoms with Crippen molar-refractivity contribution in [2.75, 3.05) is 22.4 Å². The summed E-state index contributed by atoms with van der Waals surface area (Å²) in [5, 5.41) is 6.56. The standard InChI is InChI=1S/C21H34ClN5O3S/c1-13(16-11-14-10-15(22)6-7-17(14)25-19(16)28)24-20-23-9-8-18(26-20)27(31(5,29)30)12-21(2,3)4/h8-9,13-17H,6-7,10-12H2,1-5H3,(H,25,28)(H,23,24,26)/t13-,14?,15?,16?,17?/m0/s1. The van der Waals surface area contributed by atoms with E-state index in [9.17, 15) is 13.2 Å². The molecular weight excluding hydrogens is 438 g/mol. The highest BCUT2D eigenvalue weighted by Crippen LogP contribution is 2.37. The number of hydrogen-bond donors (Lipinski definition) is 2. The van der Waals surface area contributed by atoms with Gasteiger partial charge in [-0.2, -0.15) is 4.98 Å². The van der Waals surface area contributed by atoms with Crippen LogP contribution in [0.3, 0.4) is 0 Å². The summed E-state index contributed by atoms with van der Waals surface area (Å²) in [5.41, 5.74) is -0.244. The molecular formula is C21H34ClN5O3S. The fourth-order valence-corrected chi connectivity index (χ4v) is 5.89. The molecule has 1 aromatic heterocycles. The van der Waals surface area contributed by atoms with Gasteiger partial charge in [0.15, 0.2) is 0 Å². The Balaban J connectivity index is 1.74. The molecule has 1 aliphatic carbocycles. The molecule has 0 bridgehead atoms. The second-order valence-corrected chi connectivity index (χ2v) is 12.7. The van der Waals surface area contributed by atoms with E-state index in [0.29, 0.717) is 24.2 Å². The Morgan fingerprint density at radius 2 is 2.03 bits per heavy atom. The van der Waals surface area contributed by atoms with Crippen molar-refractivity contribution in [3.63, 3.8) is 0 Å². The average molecular weight is 472 g/mol. The molecule has 174 valence electrons. The molecule has 2 aliphatic rings. The first-order chi connectivity index (χ1) is 14.3. The van der Waals surface area contributed by atoms with Crippen molar-refractivity contribution in [1.29, 1.82) is 0 Å². The minimum Gasteiger partial charge on any atom is -0.353 e. The maximum Gasteiger partial charge on any atom is 0.233 e. The lowest BCUT2D eigenvalue weighted by molar-refractivity contribution is -0.130. The van der Waals surface area contributed by atoms with Crippen LogP contribution in [0.15, 0.2) is 12.3 Å². The number of carbonyl (C=O) groups excluding carboxylic acids is 1. The van der Waals surface area contributed by atoms with Gasteiger partial charge in [0.05, 0.1) is 12.2 Å². The zero-order valence-corrected chi connectivity index (χ0v) is 20.5. The van der Waals surface area contributed by atoms with Gasteiger partial charge >= 0.3 is 0 Å². The molecule has 0 spiro atoms. The van der Waals surface area contributed by atoms with Gasteiger partial charge in [-0.25, -0.2) is 13.4 Å². The molecule has 0 radical (unpaired) electrons. The number of alkyl halides is 1. The summed E-state index contributed by atoms with van der Waals surface area (Å²) in [5.74, 6) is 0.809. The van der Waals surface area contributed by atoms with Crippen molar-refractivity contribution in [3.8, 4) is 0 Å². The van der Waals surface area contributed by atoms with Gasteiger partial charge in [-0.15, -0.1) is 11.6 Å². The molecule has 1 saturated carbocycles. The fraction of sp³-hybridized carbons (Fsp3) is 0.762. The average Bonchev–Trinajstić information content (AvgIpc) is 2.64. The Labute approximate surface area is 190 Å². The number of nitrogens with zero attached hydrogens (tertiary/aromatic N) is 3. The molecule has 1 saturated heterocycles. The van der Waals surface area contributed by atoms with Crippen LogP contribution in [-0.4, -0.2) is 54.6 Å². The van der Waals surface area contributed by atoms with Gasteiger partial charge in [-0.3, -0.25) is 9.10 Å². The highest BCUT2D eigenvalue weighted by atomic mass is 35.5. The molecule has 5 atom stereocenters. The number of fused-ring (bicyclic) bond motifs is 1. The van der Waals surface area contributed by atoms with Crippen LogP contribution in [0.25, 0.3) is 0 Å². The second kappa shape index (κ2) is 9.10. The molecule has 0 aromatic carbocycles. The van der Waals surface area contributed by atoms with Crippen LogP contribution in [0.2, 0.25) is 0 Å². The van der Waals surface area contributed by atoms with E-state index in [0.717, 1.165) is 25.7 Å². The number of sulfonamides is 1. The normalized spacial score (nSPS) is 27.7. The number of nitrogens with one attached hydrogen (secondary N) is 2. The van der Waals surface area contributed by atoms with Crippen molar-refractivity contribution in [2.45, 2.75) is 70.8 Å². The van der Waals surface area contributed by atoms with Crippen molar-refractivity contribution >= 4 is 39.3 Å². The fourth-order valence-electron chi connectivity index (χ4n) is 4.47. The third kappa shape index (κ3) is 6.22. The van der Waals surface area contributed by atoms with Crippen LogP contribution in [0.4, 0.5) is 11.8 Å². The van der Waals surface area contributed by atoms with E-state index in [1.54, 1.807) is 6.07 Å². The lowest BCUT2D eigenvalue weighted by Gasteiger charge is -2.42. The van der Waals surface area contributed by atoms with Gasteiger partial charge in [0.1, 0.15) is 5.82 Å². The smallest absolute Gasteiger partial charge is 0.233 e. The summed E-state index contributed by atoms with van der Waals surface area (Å²) in [4.78, 5) is 21.4. The van der Waals surface area contributed by atoms with Crippen molar-refractivity contribution in [2.24, 2.45) is 17.3 Å². The number of hydrogen-bond acceptors (Lipinski definition) is 6. The van der Waals surface area contributed by atoms with Gasteiger partial charge in [0.25, 0.3) is 0 Å². The Morgan fingerprint density at radius 3 is 2.68 bits per heavy atom. The van der Waals surface area contributed by atoms with Crippen LogP contribution in [-0.2, 0) is 14.8 Å². The van der Waals surface area contributed by atoms with Crippen LogP contribution in [0.5, 0.6) is 0 Å². The maximum absolute atomic E-state index is 12.7. The number of anilines is 2. The number of rotatable bonds is 6. The molecule has 31 heavy (non-hydrogen) atoms. The van der Waals surface area contributed by atoms with E-state index < -0.39 is 10.0 Å². The molecule has 10 heteroatoms. The zero-order chi connectivity index (χ0) is 23.0. The first-order valence-electron chi connectivity index (χ1n) is 10.9. The van der Waals surface area contributed by atoms with Crippen molar-refractivity contribution in [1.82, 2.24) is 15.3 Å². The van der Waals surface area contributed by atoms with Crippen LogP contribution in [0, 0.1) is 17.3 Å². The van der Waals surface area contributed by atoms with Gasteiger partial charge in [0.2, 0.25) is 21.9 Å². The third-order valence-corrected chi connectivity index (χ3v) is 7.53. The molecule has 1 amide bonds. The van der Waals surface area contributed by atoms with Gasteiger partial charge < -0.3 is 10.6 Å². The summed E-state index contributed by atoms with van der Waals surface area (Å²) in [6.07, 6.45) is 6.26. The van der Waals surface area contributed by atoms with Gasteiger partial charge in [-0.1, -0.05) is 20.8 Å². The summed E-state index contributed by atoms with van der Waals surface area (Å²) >= 11 is 6.36. The Kier molecular flexibility index (Phi) is 7.05. The predicted octanol–water partition coefficient (Wildman–Crippen LogP) is 3.00. The van der Waals surface area contributed by atoms with E-state index in [1.165, 1.54) is 16.8 Å². The van der Waals surface area contributed by atoms with E-state index in [-0.39, 0.29) is 34.7 Å². The SMILES string of the molecule is C[C@H](Nc1nccc(N(CC(C)(C)C)S(C)(=O)=O)n1)C1CC2CC(Cl)CCC2NC1=O. The highest BCUT2D eigenvalue weighted by molar-refractivity contribution is 7.92. The third-order valence-electron chi connectivity index (χ3n) is 6.01. The number of halogens is 1. The lowest BCUT2D eigenvalue weighted by atomic mass is 9.74. The molecule has 2 fully saturated rings.